The van der Waals surface area contributed by atoms with E-state index in [0.29, 0.717) is 12.8 Å². The molecule has 1 unspecified atom stereocenters. The molecule has 0 aromatic carbocycles. The van der Waals surface area contributed by atoms with Crippen LogP contribution in [0.2, 0.25) is 0 Å². The lowest BCUT2D eigenvalue weighted by Gasteiger charge is -2.28. The van der Waals surface area contributed by atoms with E-state index in [0.717, 1.165) is 12.8 Å². The van der Waals surface area contributed by atoms with Crippen molar-refractivity contribution >= 4 is 17.4 Å². The molecule has 0 saturated carbocycles. The molecule has 0 N–H and O–H groups in total. The summed E-state index contributed by atoms with van der Waals surface area (Å²) in [4.78, 5) is 11.9. The van der Waals surface area contributed by atoms with Crippen LogP contribution in [0.25, 0.3) is 0 Å². The van der Waals surface area contributed by atoms with Crippen LogP contribution in [0.1, 0.15) is 90.4 Å². The van der Waals surface area contributed by atoms with E-state index in [1.165, 1.54) is 57.8 Å². The number of rotatable bonds is 17. The Morgan fingerprint density at radius 3 is 1.87 bits per heavy atom. The smallest absolute Gasteiger partial charge is 0.171 e. The molecule has 0 fully saturated rings. The number of carbonyl (C=O) groups excluding carboxylic acids is 1. The third kappa shape index (κ3) is 10.2. The van der Waals surface area contributed by atoms with Gasteiger partial charge in [0.05, 0.1) is 0 Å². The molecule has 0 saturated heterocycles. The third-order valence-corrected chi connectivity index (χ3v) is 5.27. The first-order valence-corrected chi connectivity index (χ1v) is 9.96. The molecule has 0 heterocycles. The van der Waals surface area contributed by atoms with Gasteiger partial charge in [-0.3, -0.25) is 4.79 Å². The van der Waals surface area contributed by atoms with Crippen molar-refractivity contribution in [3.8, 4) is 0 Å². The highest BCUT2D eigenvalue weighted by Crippen LogP contribution is 2.33. The summed E-state index contributed by atoms with van der Waals surface area (Å²) in [6, 6.07) is 0. The molecule has 0 rings (SSSR count). The lowest BCUT2D eigenvalue weighted by Crippen LogP contribution is -2.34. The zero-order valence-corrected chi connectivity index (χ0v) is 15.8. The van der Waals surface area contributed by atoms with E-state index in [1.807, 2.05) is 0 Å². The summed E-state index contributed by atoms with van der Waals surface area (Å²) in [5.74, 6) is -0.168. The van der Waals surface area contributed by atoms with Crippen molar-refractivity contribution in [3.63, 3.8) is 0 Å². The minimum atomic E-state index is -0.918. The number of hydrogen-bond acceptors (Lipinski definition) is 1. The van der Waals surface area contributed by atoms with Crippen LogP contribution in [0.5, 0.6) is 0 Å². The molecule has 0 aromatic heterocycles. The zero-order valence-electron chi connectivity index (χ0n) is 15.1. The van der Waals surface area contributed by atoms with Crippen LogP contribution in [0.4, 0.5) is 4.39 Å². The van der Waals surface area contributed by atoms with Gasteiger partial charge in [0.15, 0.2) is 5.78 Å². The van der Waals surface area contributed by atoms with Crippen LogP contribution in [-0.4, -0.2) is 18.3 Å². The van der Waals surface area contributed by atoms with Crippen molar-refractivity contribution in [1.82, 2.24) is 0 Å². The van der Waals surface area contributed by atoms with Crippen LogP contribution in [0, 0.1) is 5.41 Å². The van der Waals surface area contributed by atoms with E-state index in [9.17, 15) is 9.18 Å². The quantitative estimate of drug-likeness (QED) is 0.157. The molecule has 0 bridgehead atoms. The normalized spacial score (nSPS) is 13.7. The monoisotopic (exact) mass is 346 g/mol. The fraction of sp³-hybridized carbons (Fsp3) is 0.850. The predicted molar refractivity (Wildman–Crippen MR) is 100 cm³/mol. The minimum absolute atomic E-state index is 0.194. The Kier molecular flexibility index (Phi) is 14.9. The number of ketones is 1. The standard InChI is InChI=1S/C20H36ClFO/c1-3-5-6-7-8-9-10-11-12-13-14-16-20(18-21,15-4-2)19(23)17-22/h4H,2-3,5-18H2,1H3. The van der Waals surface area contributed by atoms with Crippen molar-refractivity contribution in [3.05, 3.63) is 12.7 Å². The predicted octanol–water partition coefficient (Wildman–Crippen LogP) is 7.03. The van der Waals surface area contributed by atoms with E-state index in [1.54, 1.807) is 6.08 Å². The van der Waals surface area contributed by atoms with E-state index < -0.39 is 12.1 Å². The SMILES string of the molecule is C=CCC(CCl)(CCCCCCCCCCCCC)C(=O)CF. The molecule has 23 heavy (non-hydrogen) atoms. The summed E-state index contributed by atoms with van der Waals surface area (Å²) in [7, 11) is 0. The summed E-state index contributed by atoms with van der Waals surface area (Å²) >= 11 is 5.97. The maximum Gasteiger partial charge on any atom is 0.171 e. The number of Topliss-reactive ketones (excluding diaryl/α,β-unsaturated/α-hetero) is 1. The summed E-state index contributed by atoms with van der Waals surface area (Å²) in [6.07, 6.45) is 16.8. The molecule has 0 radical (unpaired) electrons. The average molecular weight is 347 g/mol. The van der Waals surface area contributed by atoms with Crippen LogP contribution in [0.3, 0.4) is 0 Å². The summed E-state index contributed by atoms with van der Waals surface area (Å²) in [5, 5.41) is 0. The second-order valence-corrected chi connectivity index (χ2v) is 7.02. The molecular formula is C20H36ClFO. The van der Waals surface area contributed by atoms with Crippen LogP contribution in [0.15, 0.2) is 12.7 Å². The molecule has 0 aliphatic heterocycles. The van der Waals surface area contributed by atoms with E-state index in [-0.39, 0.29) is 11.7 Å². The Morgan fingerprint density at radius 1 is 1.00 bits per heavy atom. The topological polar surface area (TPSA) is 17.1 Å². The molecule has 3 heteroatoms. The van der Waals surface area contributed by atoms with Gasteiger partial charge in [0.2, 0.25) is 0 Å². The first-order chi connectivity index (χ1) is 11.2. The highest BCUT2D eigenvalue weighted by atomic mass is 35.5. The van der Waals surface area contributed by atoms with E-state index >= 15 is 0 Å². The maximum atomic E-state index is 12.8. The molecule has 1 nitrogen and oxygen atoms in total. The number of allylic oxidation sites excluding steroid dienone is 1. The molecule has 0 amide bonds. The zero-order chi connectivity index (χ0) is 17.4. The average Bonchev–Trinajstić information content (AvgIpc) is 2.58. The minimum Gasteiger partial charge on any atom is -0.296 e. The molecule has 0 spiro atoms. The molecule has 0 aliphatic carbocycles. The van der Waals surface area contributed by atoms with Gasteiger partial charge in [0, 0.05) is 11.3 Å². The fourth-order valence-corrected chi connectivity index (χ4v) is 3.49. The molecule has 1 atom stereocenters. The highest BCUT2D eigenvalue weighted by Gasteiger charge is 2.35. The number of carbonyl (C=O) groups is 1. The van der Waals surface area contributed by atoms with Crippen molar-refractivity contribution < 1.29 is 9.18 Å². The Hall–Kier alpha value is -0.370. The third-order valence-electron chi connectivity index (χ3n) is 4.76. The van der Waals surface area contributed by atoms with Crippen LogP contribution < -0.4 is 0 Å². The number of halogens is 2. The second kappa shape index (κ2) is 15.2. The van der Waals surface area contributed by atoms with Crippen LogP contribution >= 0.6 is 11.6 Å². The molecular weight excluding hydrogens is 311 g/mol. The van der Waals surface area contributed by atoms with Gasteiger partial charge < -0.3 is 0 Å². The Bertz CT molecular complexity index is 306. The van der Waals surface area contributed by atoms with Gasteiger partial charge in [-0.15, -0.1) is 18.2 Å². The highest BCUT2D eigenvalue weighted by molar-refractivity contribution is 6.20. The van der Waals surface area contributed by atoms with Crippen molar-refractivity contribution in [1.29, 1.82) is 0 Å². The van der Waals surface area contributed by atoms with Gasteiger partial charge in [-0.1, -0.05) is 83.6 Å². The Labute approximate surface area is 148 Å². The molecule has 136 valence electrons. The van der Waals surface area contributed by atoms with Gasteiger partial charge in [-0.2, -0.15) is 0 Å². The van der Waals surface area contributed by atoms with Crippen LogP contribution in [-0.2, 0) is 4.79 Å². The number of alkyl halides is 2. The summed E-state index contributed by atoms with van der Waals surface area (Å²) in [6.45, 7) is 5.01. The number of unbranched alkanes of at least 4 members (excludes halogenated alkanes) is 10. The Balaban J connectivity index is 3.74. The molecule has 0 aliphatic rings. The Morgan fingerprint density at radius 2 is 1.48 bits per heavy atom. The lowest BCUT2D eigenvalue weighted by molar-refractivity contribution is -0.128. The summed E-state index contributed by atoms with van der Waals surface area (Å²) in [5.41, 5.74) is -0.725. The van der Waals surface area contributed by atoms with Gasteiger partial charge in [-0.05, 0) is 12.8 Å². The van der Waals surface area contributed by atoms with Gasteiger partial charge in [0.25, 0.3) is 0 Å². The fourth-order valence-electron chi connectivity index (χ4n) is 3.10. The summed E-state index contributed by atoms with van der Waals surface area (Å²) < 4.78 is 12.8. The first kappa shape index (κ1) is 22.6. The van der Waals surface area contributed by atoms with Gasteiger partial charge in [-0.25, -0.2) is 4.39 Å². The van der Waals surface area contributed by atoms with E-state index in [2.05, 4.69) is 13.5 Å². The van der Waals surface area contributed by atoms with Crippen molar-refractivity contribution in [2.45, 2.75) is 90.4 Å². The largest absolute Gasteiger partial charge is 0.296 e. The number of hydrogen-bond donors (Lipinski definition) is 0. The van der Waals surface area contributed by atoms with Gasteiger partial charge >= 0.3 is 0 Å². The van der Waals surface area contributed by atoms with E-state index in [4.69, 9.17) is 11.6 Å². The first-order valence-electron chi connectivity index (χ1n) is 9.43. The maximum absolute atomic E-state index is 12.8. The van der Waals surface area contributed by atoms with Crippen molar-refractivity contribution in [2.75, 3.05) is 12.6 Å². The van der Waals surface area contributed by atoms with Crippen molar-refractivity contribution in [2.24, 2.45) is 5.41 Å². The lowest BCUT2D eigenvalue weighted by atomic mass is 9.77. The molecule has 0 aromatic rings. The van der Waals surface area contributed by atoms with Gasteiger partial charge in [0.1, 0.15) is 6.67 Å². The second-order valence-electron chi connectivity index (χ2n) is 6.75.